The minimum atomic E-state index is -0.233. The largest absolute Gasteiger partial charge is 0.311 e. The number of hydrogen-bond acceptors (Lipinski definition) is 4. The highest BCUT2D eigenvalue weighted by molar-refractivity contribution is 7.33. The normalized spacial score (nSPS) is 16.5. The summed E-state index contributed by atoms with van der Waals surface area (Å²) in [5.41, 5.74) is 20.5. The Morgan fingerprint density at radius 2 is 1.09 bits per heavy atom. The van der Waals surface area contributed by atoms with Gasteiger partial charge in [-0.05, 0) is 149 Å². The van der Waals surface area contributed by atoms with Gasteiger partial charge in [0, 0.05) is 43.0 Å². The van der Waals surface area contributed by atoms with Crippen LogP contribution in [0.1, 0.15) is 183 Å². The third-order valence-corrected chi connectivity index (χ3v) is 17.5. The Hall–Kier alpha value is -5.13. The Labute approximate surface area is 426 Å². The lowest BCUT2D eigenvalue weighted by Gasteiger charge is -2.45. The lowest BCUT2D eigenvalue weighted by molar-refractivity contribution is 0.332. The standard InChI is InChI=1S/C65H78BN3S/c1-59(2,3)40-22-20-39(21-23-40)45-36-43(26-28-47(45)62(10,11)12)68-51-30-24-42(61(7,8)9)35-50(51)66-55-52(68)38-54(63(13,14)15)67-58(55)69(44-27-29-48-49(37-44)65(18,19)33-32-64(48,16)17)56-46-34-41(60(4,5)6)25-31-53(46)70-57(56)66/h20-31,34-38H,32-33H2,1-19H3. The summed E-state index contributed by atoms with van der Waals surface area (Å²) in [5.74, 6) is 1.05. The minimum absolute atomic E-state index is 0.0117. The number of pyridine rings is 1. The van der Waals surface area contributed by atoms with Gasteiger partial charge in [-0.25, -0.2) is 4.98 Å². The molecule has 3 nitrogen and oxygen atoms in total. The minimum Gasteiger partial charge on any atom is -0.311 e. The van der Waals surface area contributed by atoms with Gasteiger partial charge in [-0.15, -0.1) is 11.3 Å². The number of thiophene rings is 1. The van der Waals surface area contributed by atoms with Crippen molar-refractivity contribution in [1.29, 1.82) is 0 Å². The van der Waals surface area contributed by atoms with Gasteiger partial charge >= 0.3 is 0 Å². The average Bonchev–Trinajstić information content (AvgIpc) is 3.64. The second kappa shape index (κ2) is 15.7. The van der Waals surface area contributed by atoms with E-state index in [1.807, 2.05) is 11.3 Å². The number of nitrogens with zero attached hydrogens (tertiary/aromatic N) is 3. The molecule has 0 atom stereocenters. The fourth-order valence-electron chi connectivity index (χ4n) is 11.6. The zero-order chi connectivity index (χ0) is 50.6. The summed E-state index contributed by atoms with van der Waals surface area (Å²) >= 11 is 1.99. The van der Waals surface area contributed by atoms with Crippen molar-refractivity contribution in [3.05, 3.63) is 142 Å². The van der Waals surface area contributed by atoms with E-state index in [2.05, 4.69) is 244 Å². The monoisotopic (exact) mass is 944 g/mol. The van der Waals surface area contributed by atoms with Crippen molar-refractivity contribution < 1.29 is 0 Å². The summed E-state index contributed by atoms with van der Waals surface area (Å²) in [4.78, 5) is 11.2. The number of anilines is 6. The first-order valence-corrected chi connectivity index (χ1v) is 26.9. The Morgan fingerprint density at radius 3 is 1.70 bits per heavy atom. The molecule has 7 aromatic rings. The van der Waals surface area contributed by atoms with Gasteiger partial charge in [0.05, 0.1) is 11.4 Å². The van der Waals surface area contributed by atoms with Crippen molar-refractivity contribution in [3.63, 3.8) is 0 Å². The predicted octanol–water partition coefficient (Wildman–Crippen LogP) is 16.9. The number of rotatable bonds is 3. The quantitative estimate of drug-likeness (QED) is 0.165. The number of hydrogen-bond donors (Lipinski definition) is 0. The Morgan fingerprint density at radius 1 is 0.514 bits per heavy atom. The predicted molar refractivity (Wildman–Crippen MR) is 308 cm³/mol. The van der Waals surface area contributed by atoms with Crippen molar-refractivity contribution in [3.8, 4) is 11.1 Å². The molecular formula is C65H78BN3S. The molecule has 70 heavy (non-hydrogen) atoms. The van der Waals surface area contributed by atoms with E-state index in [4.69, 9.17) is 4.98 Å². The van der Waals surface area contributed by atoms with Crippen molar-refractivity contribution >= 4 is 78.1 Å². The molecule has 2 aliphatic heterocycles. The van der Waals surface area contributed by atoms with Crippen LogP contribution >= 0.6 is 11.3 Å². The van der Waals surface area contributed by atoms with Crippen LogP contribution in [0.3, 0.4) is 0 Å². The highest BCUT2D eigenvalue weighted by Gasteiger charge is 2.48. The van der Waals surface area contributed by atoms with Crippen LogP contribution < -0.4 is 25.5 Å². The second-order valence-corrected chi connectivity index (χ2v) is 28.8. The summed E-state index contributed by atoms with van der Waals surface area (Å²) < 4.78 is 2.72. The lowest BCUT2D eigenvalue weighted by Crippen LogP contribution is -2.61. The van der Waals surface area contributed by atoms with Gasteiger partial charge in [0.15, 0.2) is 0 Å². The molecule has 0 amide bonds. The van der Waals surface area contributed by atoms with E-state index in [9.17, 15) is 0 Å². The van der Waals surface area contributed by atoms with Gasteiger partial charge in [0.2, 0.25) is 0 Å². The molecule has 3 aliphatic rings. The van der Waals surface area contributed by atoms with E-state index in [0.717, 1.165) is 17.9 Å². The maximum absolute atomic E-state index is 5.98. The maximum Gasteiger partial charge on any atom is 0.266 e. The molecule has 5 aromatic carbocycles. The topological polar surface area (TPSA) is 19.4 Å². The van der Waals surface area contributed by atoms with Crippen LogP contribution in [0.4, 0.5) is 34.3 Å². The van der Waals surface area contributed by atoms with Crippen molar-refractivity contribution in [1.82, 2.24) is 4.98 Å². The molecule has 0 bridgehead atoms. The van der Waals surface area contributed by atoms with E-state index in [1.54, 1.807) is 0 Å². The molecule has 0 saturated heterocycles. The summed E-state index contributed by atoms with van der Waals surface area (Å²) in [7, 11) is 0. The summed E-state index contributed by atoms with van der Waals surface area (Å²) in [6.07, 6.45) is 2.34. The molecule has 1 aliphatic carbocycles. The summed E-state index contributed by atoms with van der Waals surface area (Å²) in [5, 5.41) is 1.32. The molecule has 4 heterocycles. The smallest absolute Gasteiger partial charge is 0.266 e. The molecule has 362 valence electrons. The van der Waals surface area contributed by atoms with Crippen molar-refractivity contribution in [2.45, 2.75) is 182 Å². The van der Waals surface area contributed by atoms with E-state index in [0.29, 0.717) is 0 Å². The van der Waals surface area contributed by atoms with Crippen LogP contribution in [-0.4, -0.2) is 11.7 Å². The average molecular weight is 944 g/mol. The lowest BCUT2D eigenvalue weighted by atomic mass is 9.36. The summed E-state index contributed by atoms with van der Waals surface area (Å²) in [6.45, 7) is 44.8. The first-order valence-electron chi connectivity index (χ1n) is 26.1. The van der Waals surface area contributed by atoms with E-state index >= 15 is 0 Å². The molecule has 0 unspecified atom stereocenters. The molecule has 0 N–H and O–H groups in total. The van der Waals surface area contributed by atoms with Crippen molar-refractivity contribution in [2.24, 2.45) is 0 Å². The molecule has 10 rings (SSSR count). The number of fused-ring (bicyclic) bond motifs is 7. The molecule has 0 fully saturated rings. The van der Waals surface area contributed by atoms with Crippen LogP contribution in [0.2, 0.25) is 0 Å². The molecular weight excluding hydrogens is 866 g/mol. The fraction of sp³-hybridized carbons (Fsp3) is 0.431. The van der Waals surface area contributed by atoms with Gasteiger partial charge < -0.3 is 4.90 Å². The van der Waals surface area contributed by atoms with Crippen LogP contribution in [-0.2, 0) is 37.9 Å². The van der Waals surface area contributed by atoms with Crippen LogP contribution in [0, 0.1) is 0 Å². The number of benzene rings is 5. The summed E-state index contributed by atoms with van der Waals surface area (Å²) in [6, 6.07) is 41.3. The van der Waals surface area contributed by atoms with Crippen molar-refractivity contribution in [2.75, 3.05) is 9.80 Å². The molecule has 0 radical (unpaired) electrons. The van der Waals surface area contributed by atoms with E-state index in [-0.39, 0.29) is 44.6 Å². The third kappa shape index (κ3) is 7.96. The van der Waals surface area contributed by atoms with Gasteiger partial charge in [0.1, 0.15) is 5.82 Å². The zero-order valence-electron chi connectivity index (χ0n) is 46.1. The molecule has 0 spiro atoms. The molecule has 5 heteroatoms. The van der Waals surface area contributed by atoms with E-state index < -0.39 is 0 Å². The van der Waals surface area contributed by atoms with Crippen LogP contribution in [0.25, 0.3) is 21.2 Å². The molecule has 2 aromatic heterocycles. The van der Waals surface area contributed by atoms with E-state index in [1.165, 1.54) is 105 Å². The fourth-order valence-corrected chi connectivity index (χ4v) is 12.9. The van der Waals surface area contributed by atoms with Gasteiger partial charge in [-0.2, -0.15) is 0 Å². The van der Waals surface area contributed by atoms with Gasteiger partial charge in [0.25, 0.3) is 6.71 Å². The highest BCUT2D eigenvalue weighted by atomic mass is 32.1. The first kappa shape index (κ1) is 48.5. The third-order valence-electron chi connectivity index (χ3n) is 16.2. The second-order valence-electron chi connectivity index (χ2n) is 27.7. The Bertz CT molecular complexity index is 3240. The first-order chi connectivity index (χ1) is 32.3. The van der Waals surface area contributed by atoms with Gasteiger partial charge in [-0.3, -0.25) is 4.90 Å². The Balaban J connectivity index is 1.33. The highest BCUT2D eigenvalue weighted by Crippen LogP contribution is 2.52. The SMILES string of the molecule is CC(C)(C)c1ccc(-c2cc(N3c4ccc(C(C)(C)C)cc4B4c5sc6ccc(C(C)(C)C)cc6c5N(c5ccc6c(c5)C(C)(C)CCC6(C)C)c5nc(C(C)(C)C)cc3c54)ccc2C(C)(C)C)cc1. The van der Waals surface area contributed by atoms with Gasteiger partial charge in [-0.1, -0.05) is 186 Å². The van der Waals surface area contributed by atoms with Crippen LogP contribution in [0.5, 0.6) is 0 Å². The molecule has 0 saturated carbocycles. The number of aromatic nitrogens is 1. The Kier molecular flexibility index (Phi) is 10.9. The van der Waals surface area contributed by atoms with Crippen LogP contribution in [0.15, 0.2) is 103 Å². The zero-order valence-corrected chi connectivity index (χ0v) is 46.9. The maximum atomic E-state index is 5.98.